The third-order valence-electron chi connectivity index (χ3n) is 3.63. The number of aliphatic hydroxyl groups is 1. The van der Waals surface area contributed by atoms with Crippen molar-refractivity contribution in [2.75, 3.05) is 6.61 Å². The average molecular weight is 325 g/mol. The van der Waals surface area contributed by atoms with E-state index in [0.29, 0.717) is 18.1 Å². The Bertz CT molecular complexity index is 657. The maximum Gasteiger partial charge on any atom is 0.126 e. The molecule has 1 unspecified atom stereocenters. The van der Waals surface area contributed by atoms with Crippen LogP contribution in [0.2, 0.25) is 5.02 Å². The van der Waals surface area contributed by atoms with Gasteiger partial charge >= 0.3 is 0 Å². The Kier molecular flexibility index (Phi) is 4.15. The molecule has 6 heteroatoms. The van der Waals surface area contributed by atoms with Crippen molar-refractivity contribution in [3.8, 4) is 5.75 Å². The van der Waals surface area contributed by atoms with E-state index in [9.17, 15) is 5.11 Å². The molecule has 2 aromatic rings. The highest BCUT2D eigenvalue weighted by Crippen LogP contribution is 2.36. The molecular formula is C15H17ClN2O2S. The number of aromatic nitrogens is 2. The first kappa shape index (κ1) is 14.8. The van der Waals surface area contributed by atoms with Crippen LogP contribution in [0.4, 0.5) is 0 Å². The van der Waals surface area contributed by atoms with E-state index in [1.165, 1.54) is 11.5 Å². The van der Waals surface area contributed by atoms with Crippen LogP contribution in [0.3, 0.4) is 0 Å². The van der Waals surface area contributed by atoms with Crippen LogP contribution in [0.1, 0.15) is 47.6 Å². The lowest BCUT2D eigenvalue weighted by molar-refractivity contribution is 0.179. The first-order valence-corrected chi connectivity index (χ1v) is 8.15. The monoisotopic (exact) mass is 324 g/mol. The second-order valence-electron chi connectivity index (χ2n) is 5.55. The van der Waals surface area contributed by atoms with Crippen LogP contribution < -0.4 is 4.74 Å². The maximum atomic E-state index is 10.5. The Hall–Kier alpha value is -1.17. The summed E-state index contributed by atoms with van der Waals surface area (Å²) in [5, 5.41) is 15.4. The fourth-order valence-corrected chi connectivity index (χ4v) is 3.69. The smallest absolute Gasteiger partial charge is 0.126 e. The minimum atomic E-state index is -0.630. The Labute approximate surface area is 132 Å². The summed E-state index contributed by atoms with van der Waals surface area (Å²) in [5.74, 6) is 1.12. The SMILES string of the molecule is CC(C)c1nnsc1C(O)Cc1cc(Cl)cc2c1OCC2. The molecule has 0 aliphatic carbocycles. The molecule has 0 radical (unpaired) electrons. The molecule has 0 fully saturated rings. The van der Waals surface area contributed by atoms with E-state index < -0.39 is 6.10 Å². The van der Waals surface area contributed by atoms with Crippen molar-refractivity contribution >= 4 is 23.1 Å². The lowest BCUT2D eigenvalue weighted by atomic mass is 9.99. The van der Waals surface area contributed by atoms with E-state index in [-0.39, 0.29) is 5.92 Å². The van der Waals surface area contributed by atoms with Gasteiger partial charge in [0.2, 0.25) is 0 Å². The summed E-state index contributed by atoms with van der Waals surface area (Å²) in [5.41, 5.74) is 2.94. The van der Waals surface area contributed by atoms with Gasteiger partial charge < -0.3 is 9.84 Å². The molecule has 112 valence electrons. The fraction of sp³-hybridized carbons (Fsp3) is 0.467. The van der Waals surface area contributed by atoms with Crippen LogP contribution >= 0.6 is 23.1 Å². The van der Waals surface area contributed by atoms with E-state index in [4.69, 9.17) is 16.3 Å². The van der Waals surface area contributed by atoms with Crippen LogP contribution in [-0.4, -0.2) is 21.3 Å². The predicted molar refractivity (Wildman–Crippen MR) is 83.3 cm³/mol. The molecule has 0 spiro atoms. The molecule has 3 rings (SSSR count). The summed E-state index contributed by atoms with van der Waals surface area (Å²) < 4.78 is 9.65. The zero-order chi connectivity index (χ0) is 15.0. The van der Waals surface area contributed by atoms with Crippen LogP contribution in [0.5, 0.6) is 5.75 Å². The second-order valence-corrected chi connectivity index (χ2v) is 6.77. The highest BCUT2D eigenvalue weighted by molar-refractivity contribution is 7.05. The largest absolute Gasteiger partial charge is 0.493 e. The topological polar surface area (TPSA) is 55.2 Å². The van der Waals surface area contributed by atoms with Gasteiger partial charge in [-0.15, -0.1) is 5.10 Å². The predicted octanol–water partition coefficient (Wildman–Crippen LogP) is 3.53. The fourth-order valence-electron chi connectivity index (χ4n) is 2.63. The van der Waals surface area contributed by atoms with Gasteiger partial charge in [0.15, 0.2) is 0 Å². The summed E-state index contributed by atoms with van der Waals surface area (Å²) in [6.45, 7) is 4.78. The van der Waals surface area contributed by atoms with Gasteiger partial charge in [-0.2, -0.15) is 0 Å². The number of nitrogens with zero attached hydrogens (tertiary/aromatic N) is 2. The van der Waals surface area contributed by atoms with Crippen LogP contribution in [-0.2, 0) is 12.8 Å². The molecule has 0 bridgehead atoms. The molecule has 1 atom stereocenters. The number of aliphatic hydroxyl groups excluding tert-OH is 1. The zero-order valence-corrected chi connectivity index (χ0v) is 13.5. The standard InChI is InChI=1S/C15H17ClN2O2S/c1-8(2)13-15(21-18-17-13)12(19)7-10-6-11(16)5-9-3-4-20-14(9)10/h5-6,8,12,19H,3-4,7H2,1-2H3. The number of fused-ring (bicyclic) bond motifs is 1. The molecule has 4 nitrogen and oxygen atoms in total. The summed E-state index contributed by atoms with van der Waals surface area (Å²) in [6.07, 6.45) is 0.708. The molecule has 1 aromatic carbocycles. The van der Waals surface area contributed by atoms with Crippen molar-refractivity contribution in [3.63, 3.8) is 0 Å². The van der Waals surface area contributed by atoms with E-state index in [0.717, 1.165) is 33.9 Å². The van der Waals surface area contributed by atoms with Gasteiger partial charge in [0.1, 0.15) is 5.75 Å². The Balaban J connectivity index is 1.88. The molecule has 0 saturated heterocycles. The van der Waals surface area contributed by atoms with Crippen molar-refractivity contribution in [1.29, 1.82) is 0 Å². The first-order valence-electron chi connectivity index (χ1n) is 7.00. The Morgan fingerprint density at radius 3 is 3.00 bits per heavy atom. The molecule has 0 amide bonds. The van der Waals surface area contributed by atoms with Gasteiger partial charge in [0.05, 0.1) is 23.3 Å². The molecule has 1 aliphatic heterocycles. The highest BCUT2D eigenvalue weighted by Gasteiger charge is 2.23. The van der Waals surface area contributed by atoms with Crippen molar-refractivity contribution in [2.45, 2.75) is 38.7 Å². The van der Waals surface area contributed by atoms with Crippen molar-refractivity contribution < 1.29 is 9.84 Å². The van der Waals surface area contributed by atoms with E-state index in [1.807, 2.05) is 26.0 Å². The average Bonchev–Trinajstić information content (AvgIpc) is 3.06. The third kappa shape index (κ3) is 2.91. The van der Waals surface area contributed by atoms with Crippen LogP contribution in [0, 0.1) is 0 Å². The number of halogens is 1. The quantitative estimate of drug-likeness (QED) is 0.934. The van der Waals surface area contributed by atoms with Gasteiger partial charge in [-0.25, -0.2) is 0 Å². The van der Waals surface area contributed by atoms with Gasteiger partial charge in [0.25, 0.3) is 0 Å². The number of benzene rings is 1. The van der Waals surface area contributed by atoms with E-state index in [2.05, 4.69) is 9.59 Å². The molecule has 21 heavy (non-hydrogen) atoms. The van der Waals surface area contributed by atoms with Crippen LogP contribution in [0.15, 0.2) is 12.1 Å². The van der Waals surface area contributed by atoms with Crippen molar-refractivity contribution in [3.05, 3.63) is 38.9 Å². The Morgan fingerprint density at radius 2 is 2.24 bits per heavy atom. The molecule has 1 aromatic heterocycles. The summed E-state index contributed by atoms with van der Waals surface area (Å²) >= 11 is 7.42. The van der Waals surface area contributed by atoms with Crippen molar-refractivity contribution in [2.24, 2.45) is 0 Å². The third-order valence-corrected chi connectivity index (χ3v) is 4.69. The summed E-state index contributed by atoms with van der Waals surface area (Å²) in [6, 6.07) is 3.81. The minimum absolute atomic E-state index is 0.245. The van der Waals surface area contributed by atoms with Crippen molar-refractivity contribution in [1.82, 2.24) is 9.59 Å². The summed E-state index contributed by atoms with van der Waals surface area (Å²) in [4.78, 5) is 0.830. The van der Waals surface area contributed by atoms with Crippen LogP contribution in [0.25, 0.3) is 0 Å². The second kappa shape index (κ2) is 5.91. The number of rotatable bonds is 4. The lowest BCUT2D eigenvalue weighted by Gasteiger charge is -2.14. The normalized spacial score (nSPS) is 15.1. The first-order chi connectivity index (χ1) is 10.1. The molecular weight excluding hydrogens is 308 g/mol. The molecule has 2 heterocycles. The lowest BCUT2D eigenvalue weighted by Crippen LogP contribution is -2.05. The van der Waals surface area contributed by atoms with E-state index in [1.54, 1.807) is 0 Å². The maximum absolute atomic E-state index is 10.5. The summed E-state index contributed by atoms with van der Waals surface area (Å²) in [7, 11) is 0. The van der Waals surface area contributed by atoms with Gasteiger partial charge in [-0.1, -0.05) is 29.9 Å². The molecule has 1 N–H and O–H groups in total. The number of ether oxygens (including phenoxy) is 1. The Morgan fingerprint density at radius 1 is 1.43 bits per heavy atom. The van der Waals surface area contributed by atoms with Gasteiger partial charge in [-0.3, -0.25) is 0 Å². The number of hydrogen-bond donors (Lipinski definition) is 1. The molecule has 0 saturated carbocycles. The number of hydrogen-bond acceptors (Lipinski definition) is 5. The van der Waals surface area contributed by atoms with E-state index >= 15 is 0 Å². The minimum Gasteiger partial charge on any atom is -0.493 e. The van der Waals surface area contributed by atoms with Gasteiger partial charge in [0, 0.05) is 17.9 Å². The molecule has 1 aliphatic rings. The highest BCUT2D eigenvalue weighted by atomic mass is 35.5. The van der Waals surface area contributed by atoms with Gasteiger partial charge in [-0.05, 0) is 40.7 Å². The zero-order valence-electron chi connectivity index (χ0n) is 12.0.